The first-order chi connectivity index (χ1) is 6.36. The van der Waals surface area contributed by atoms with Crippen LogP contribution in [0.3, 0.4) is 0 Å². The smallest absolute Gasteiger partial charge is 0.268 e. The van der Waals surface area contributed by atoms with E-state index < -0.39 is 5.91 Å². The van der Waals surface area contributed by atoms with Gasteiger partial charge >= 0.3 is 0 Å². The Morgan fingerprint density at radius 3 is 2.36 bits per heavy atom. The molecular weight excluding hydrogens is 198 g/mol. The number of amides is 1. The predicted octanol–water partition coefficient (Wildman–Crippen LogP) is 0.998. The summed E-state index contributed by atoms with van der Waals surface area (Å²) in [7, 11) is 0. The number of carbonyl (C=O) groups excluding carboxylic acids is 1. The minimum absolute atomic E-state index is 0.0672. The highest BCUT2D eigenvalue weighted by atomic mass is 32.1. The van der Waals surface area contributed by atoms with Gasteiger partial charge in [0.2, 0.25) is 0 Å². The van der Waals surface area contributed by atoms with Gasteiger partial charge in [-0.15, -0.1) is 11.3 Å². The van der Waals surface area contributed by atoms with Crippen LogP contribution >= 0.6 is 11.3 Å². The Balaban J connectivity index is 3.20. The van der Waals surface area contributed by atoms with Crippen molar-refractivity contribution in [1.82, 2.24) is 4.98 Å². The largest absolute Gasteiger partial charge is 0.364 e. The molecule has 4 nitrogen and oxygen atoms in total. The summed E-state index contributed by atoms with van der Waals surface area (Å²) in [6.07, 6.45) is 0. The van der Waals surface area contributed by atoms with E-state index >= 15 is 0 Å². The van der Waals surface area contributed by atoms with Crippen LogP contribution in [0.1, 0.15) is 41.1 Å². The molecule has 0 aliphatic carbocycles. The van der Waals surface area contributed by atoms with E-state index in [4.69, 9.17) is 11.5 Å². The Labute approximate surface area is 87.3 Å². The molecule has 5 heteroatoms. The van der Waals surface area contributed by atoms with Crippen molar-refractivity contribution in [3.05, 3.63) is 15.6 Å². The molecule has 1 rings (SSSR count). The lowest BCUT2D eigenvalue weighted by Gasteiger charge is -2.13. The molecule has 0 aliphatic rings. The second-order valence-electron chi connectivity index (χ2n) is 4.11. The molecule has 1 amide bonds. The third-order valence-corrected chi connectivity index (χ3v) is 3.26. The molecule has 0 saturated carbocycles. The Morgan fingerprint density at radius 1 is 1.50 bits per heavy atom. The number of hydrogen-bond acceptors (Lipinski definition) is 4. The van der Waals surface area contributed by atoms with Gasteiger partial charge in [0, 0.05) is 12.0 Å². The molecule has 14 heavy (non-hydrogen) atoms. The first-order valence-corrected chi connectivity index (χ1v) is 5.18. The highest BCUT2D eigenvalue weighted by molar-refractivity contribution is 7.12. The third kappa shape index (κ3) is 2.10. The molecule has 0 aromatic carbocycles. The van der Waals surface area contributed by atoms with Crippen molar-refractivity contribution in [2.24, 2.45) is 11.5 Å². The summed E-state index contributed by atoms with van der Waals surface area (Å²) in [5.41, 5.74) is 11.0. The summed E-state index contributed by atoms with van der Waals surface area (Å²) in [4.78, 5) is 16.0. The molecule has 0 bridgehead atoms. The van der Waals surface area contributed by atoms with Gasteiger partial charge < -0.3 is 11.5 Å². The van der Waals surface area contributed by atoms with Crippen molar-refractivity contribution in [1.29, 1.82) is 0 Å². The quantitative estimate of drug-likeness (QED) is 0.768. The molecule has 4 N–H and O–H groups in total. The molecule has 0 radical (unpaired) electrons. The van der Waals surface area contributed by atoms with Crippen LogP contribution in [-0.2, 0) is 12.0 Å². The van der Waals surface area contributed by atoms with Crippen molar-refractivity contribution >= 4 is 17.2 Å². The Kier molecular flexibility index (Phi) is 2.92. The van der Waals surface area contributed by atoms with Crippen LogP contribution in [0.15, 0.2) is 0 Å². The molecule has 0 spiro atoms. The van der Waals surface area contributed by atoms with Gasteiger partial charge in [-0.3, -0.25) is 4.79 Å². The normalized spacial score (nSPS) is 11.7. The first-order valence-electron chi connectivity index (χ1n) is 4.36. The van der Waals surface area contributed by atoms with Crippen molar-refractivity contribution < 1.29 is 4.79 Å². The number of aromatic nitrogens is 1. The molecular formula is C9H15N3OS. The van der Waals surface area contributed by atoms with Gasteiger partial charge in [0.05, 0.1) is 9.88 Å². The molecule has 0 atom stereocenters. The van der Waals surface area contributed by atoms with E-state index in [2.05, 4.69) is 4.98 Å². The maximum Gasteiger partial charge on any atom is 0.268 e. The second-order valence-corrected chi connectivity index (χ2v) is 5.19. The van der Waals surface area contributed by atoms with E-state index in [0.29, 0.717) is 12.2 Å². The lowest BCUT2D eigenvalue weighted by molar-refractivity contribution is 0.0995. The maximum atomic E-state index is 11.0. The van der Waals surface area contributed by atoms with E-state index in [9.17, 15) is 4.79 Å². The van der Waals surface area contributed by atoms with E-state index in [1.165, 1.54) is 11.3 Å². The molecule has 0 aliphatic heterocycles. The summed E-state index contributed by atoms with van der Waals surface area (Å²) in [5, 5.41) is 0.895. The van der Waals surface area contributed by atoms with E-state index in [-0.39, 0.29) is 5.41 Å². The molecule has 1 aromatic rings. The monoisotopic (exact) mass is 213 g/mol. The van der Waals surface area contributed by atoms with E-state index in [1.54, 1.807) is 0 Å². The number of primary amides is 1. The van der Waals surface area contributed by atoms with Crippen LogP contribution in [0.2, 0.25) is 0 Å². The van der Waals surface area contributed by atoms with Crippen LogP contribution in [0, 0.1) is 0 Å². The molecule has 1 heterocycles. The first kappa shape index (κ1) is 11.1. The number of nitrogens with zero attached hydrogens (tertiary/aromatic N) is 1. The van der Waals surface area contributed by atoms with Crippen LogP contribution in [0.5, 0.6) is 0 Å². The van der Waals surface area contributed by atoms with Crippen molar-refractivity contribution in [2.45, 2.75) is 32.7 Å². The number of nitrogens with two attached hydrogens (primary N) is 2. The average molecular weight is 213 g/mol. The summed E-state index contributed by atoms with van der Waals surface area (Å²) in [6, 6.07) is 0. The van der Waals surface area contributed by atoms with Crippen LogP contribution in [0.4, 0.5) is 0 Å². The molecule has 1 aromatic heterocycles. The van der Waals surface area contributed by atoms with Gasteiger partial charge in [-0.25, -0.2) is 4.98 Å². The summed E-state index contributed by atoms with van der Waals surface area (Å²) >= 11 is 1.46. The number of thiazole rings is 1. The SMILES string of the molecule is CC(C)(C)c1nc(C(N)=O)c(CN)s1. The standard InChI is InChI=1S/C9H15N3OS/c1-9(2,3)8-12-6(7(11)13)5(4-10)14-8/h4,10H2,1-3H3,(H2,11,13). The number of hydrogen-bond donors (Lipinski definition) is 2. The van der Waals surface area contributed by atoms with Gasteiger partial charge in [0.25, 0.3) is 5.91 Å². The topological polar surface area (TPSA) is 82.0 Å². The fraction of sp³-hybridized carbons (Fsp3) is 0.556. The Hall–Kier alpha value is -0.940. The van der Waals surface area contributed by atoms with E-state index in [1.807, 2.05) is 20.8 Å². The zero-order valence-corrected chi connectivity index (χ0v) is 9.44. The predicted molar refractivity (Wildman–Crippen MR) is 57.2 cm³/mol. The fourth-order valence-electron chi connectivity index (χ4n) is 1.00. The summed E-state index contributed by atoms with van der Waals surface area (Å²) in [6.45, 7) is 6.43. The van der Waals surface area contributed by atoms with E-state index in [0.717, 1.165) is 9.88 Å². The molecule has 0 fully saturated rings. The molecule has 78 valence electrons. The lowest BCUT2D eigenvalue weighted by atomic mass is 9.98. The summed E-state index contributed by atoms with van der Waals surface area (Å²) < 4.78 is 0. The van der Waals surface area contributed by atoms with Gasteiger partial charge in [0.15, 0.2) is 0 Å². The van der Waals surface area contributed by atoms with Crippen molar-refractivity contribution in [2.75, 3.05) is 0 Å². The second kappa shape index (κ2) is 3.67. The Morgan fingerprint density at radius 2 is 2.07 bits per heavy atom. The van der Waals surface area contributed by atoms with Crippen molar-refractivity contribution in [3.8, 4) is 0 Å². The number of carbonyl (C=O) groups is 1. The molecule has 0 unspecified atom stereocenters. The van der Waals surface area contributed by atoms with Crippen LogP contribution < -0.4 is 11.5 Å². The van der Waals surface area contributed by atoms with Gasteiger partial charge in [-0.05, 0) is 0 Å². The minimum atomic E-state index is -0.503. The fourth-order valence-corrected chi connectivity index (χ4v) is 2.01. The van der Waals surface area contributed by atoms with Crippen LogP contribution in [-0.4, -0.2) is 10.9 Å². The highest BCUT2D eigenvalue weighted by Crippen LogP contribution is 2.28. The highest BCUT2D eigenvalue weighted by Gasteiger charge is 2.22. The van der Waals surface area contributed by atoms with Gasteiger partial charge in [-0.1, -0.05) is 20.8 Å². The van der Waals surface area contributed by atoms with Crippen LogP contribution in [0.25, 0.3) is 0 Å². The minimum Gasteiger partial charge on any atom is -0.364 e. The Bertz CT molecular complexity index is 351. The lowest BCUT2D eigenvalue weighted by Crippen LogP contribution is -2.16. The zero-order valence-electron chi connectivity index (χ0n) is 8.63. The average Bonchev–Trinajstić information content (AvgIpc) is 2.45. The van der Waals surface area contributed by atoms with Gasteiger partial charge in [0.1, 0.15) is 5.69 Å². The third-order valence-electron chi connectivity index (χ3n) is 1.76. The molecule has 0 saturated heterocycles. The maximum absolute atomic E-state index is 11.0. The summed E-state index contributed by atoms with van der Waals surface area (Å²) in [5.74, 6) is -0.503. The van der Waals surface area contributed by atoms with Gasteiger partial charge in [-0.2, -0.15) is 0 Å². The zero-order chi connectivity index (χ0) is 10.9. The number of rotatable bonds is 2. The van der Waals surface area contributed by atoms with Crippen molar-refractivity contribution in [3.63, 3.8) is 0 Å².